The molecular weight excluding hydrogens is 1040 g/mol. The number of piperazine rings is 1. The number of nitrogens with zero attached hydrogens (tertiary/aromatic N) is 8. The summed E-state index contributed by atoms with van der Waals surface area (Å²) in [4.78, 5) is 66.0. The van der Waals surface area contributed by atoms with Crippen LogP contribution in [0.25, 0.3) is 32.8 Å². The van der Waals surface area contributed by atoms with Crippen molar-refractivity contribution < 1.29 is 33.7 Å². The molecule has 1 saturated carbocycles. The van der Waals surface area contributed by atoms with Crippen LogP contribution in [0, 0.1) is 5.92 Å². The van der Waals surface area contributed by atoms with E-state index in [4.69, 9.17) is 29.2 Å². The van der Waals surface area contributed by atoms with Gasteiger partial charge in [-0.2, -0.15) is 9.97 Å². The lowest BCUT2D eigenvalue weighted by molar-refractivity contribution is -0.138. The molecule has 3 saturated heterocycles. The number of nitrogens with one attached hydrogen (secondary N) is 2. The second-order valence-electron chi connectivity index (χ2n) is 22.7. The Bertz CT molecular complexity index is 3210. The molecule has 4 aliphatic heterocycles. The minimum atomic E-state index is -0.508. The first-order valence-corrected chi connectivity index (χ1v) is 30.3. The largest absolute Gasteiger partial charge is 0.508 e. The predicted octanol–water partition coefficient (Wildman–Crippen LogP) is 8.33. The highest BCUT2D eigenvalue weighted by Crippen LogP contribution is 2.41. The van der Waals surface area contributed by atoms with Gasteiger partial charge in [-0.3, -0.25) is 19.3 Å². The molecule has 4 aromatic carbocycles. The highest BCUT2D eigenvalue weighted by Gasteiger charge is 2.39. The highest BCUT2D eigenvalue weighted by atomic mass is 32.1. The molecule has 4 atom stereocenters. The third-order valence-electron chi connectivity index (χ3n) is 17.3. The molecule has 1 aliphatic carbocycles. The zero-order valence-electron chi connectivity index (χ0n) is 47.2. The van der Waals surface area contributed by atoms with E-state index in [1.807, 2.05) is 53.1 Å². The molecule has 3 amide bonds. The molecule has 3 N–H and O–H groups in total. The number of carbonyl (C=O) groups is 3. The van der Waals surface area contributed by atoms with Crippen LogP contribution in [0.5, 0.6) is 17.5 Å². The number of carbonyl (C=O) groups excluding carboxylic acids is 3. The topological polar surface area (TPSA) is 178 Å². The Hall–Kier alpha value is -6.86. The first-order chi connectivity index (χ1) is 39.5. The van der Waals surface area contributed by atoms with Crippen LogP contribution in [0.1, 0.15) is 87.4 Å². The first-order valence-electron chi connectivity index (χ1n) is 29.4. The average molecular weight is 1120 g/mol. The van der Waals surface area contributed by atoms with Gasteiger partial charge in [-0.1, -0.05) is 80.4 Å². The predicted molar refractivity (Wildman–Crippen MR) is 318 cm³/mol. The molecule has 5 aliphatic rings. The number of anilines is 2. The Labute approximate surface area is 479 Å². The Morgan fingerprint density at radius 2 is 1.58 bits per heavy atom. The first kappa shape index (κ1) is 56.0. The van der Waals surface area contributed by atoms with E-state index in [0.29, 0.717) is 71.6 Å². The zero-order chi connectivity index (χ0) is 56.0. The molecule has 17 nitrogen and oxygen atoms in total. The fraction of sp³-hybridized carbons (Fsp3) is 0.492. The Morgan fingerprint density at radius 3 is 2.36 bits per heavy atom. The summed E-state index contributed by atoms with van der Waals surface area (Å²) in [5.41, 5.74) is 4.81. The minimum absolute atomic E-state index is 0.0316. The van der Waals surface area contributed by atoms with Crippen molar-refractivity contribution in [2.45, 2.75) is 108 Å². The van der Waals surface area contributed by atoms with Crippen LogP contribution in [0.15, 0.2) is 90.8 Å². The third kappa shape index (κ3) is 12.8. The van der Waals surface area contributed by atoms with E-state index in [-0.39, 0.29) is 53.6 Å². The zero-order valence-corrected chi connectivity index (χ0v) is 48.0. The quantitative estimate of drug-likeness (QED) is 0.0521. The molecule has 81 heavy (non-hydrogen) atoms. The molecular formula is C63H78N10O7S. The lowest BCUT2D eigenvalue weighted by Crippen LogP contribution is -2.55. The van der Waals surface area contributed by atoms with Gasteiger partial charge in [0.2, 0.25) is 17.7 Å². The lowest BCUT2D eigenvalue weighted by Gasteiger charge is -2.38. The number of ether oxygens (including phenoxy) is 3. The Morgan fingerprint density at radius 1 is 0.815 bits per heavy atom. The summed E-state index contributed by atoms with van der Waals surface area (Å²) in [5, 5.41) is 24.3. The molecule has 11 rings (SSSR count). The molecule has 6 heterocycles. The fourth-order valence-corrected chi connectivity index (χ4v) is 13.7. The number of likely N-dealkylation sites (tertiary alicyclic amines) is 2. The van der Waals surface area contributed by atoms with Gasteiger partial charge in [0.05, 0.1) is 47.3 Å². The monoisotopic (exact) mass is 1120 g/mol. The van der Waals surface area contributed by atoms with Crippen molar-refractivity contribution in [3.8, 4) is 28.8 Å². The number of thiazole rings is 1. The summed E-state index contributed by atoms with van der Waals surface area (Å²) in [6.45, 7) is 15.9. The van der Waals surface area contributed by atoms with E-state index in [1.165, 1.54) is 12.5 Å². The van der Waals surface area contributed by atoms with Gasteiger partial charge in [-0.05, 0) is 99.7 Å². The van der Waals surface area contributed by atoms with Gasteiger partial charge < -0.3 is 49.6 Å². The van der Waals surface area contributed by atoms with Crippen molar-refractivity contribution in [1.82, 2.24) is 40.3 Å². The van der Waals surface area contributed by atoms with E-state index in [2.05, 4.69) is 74.5 Å². The molecule has 1 unspecified atom stereocenters. The van der Waals surface area contributed by atoms with Crippen LogP contribution in [-0.4, -0.2) is 162 Å². The van der Waals surface area contributed by atoms with E-state index in [9.17, 15) is 19.5 Å². The van der Waals surface area contributed by atoms with Crippen LogP contribution in [-0.2, 0) is 32.1 Å². The molecule has 0 radical (unpaired) electrons. The van der Waals surface area contributed by atoms with Crippen LogP contribution in [0.3, 0.4) is 0 Å². The van der Waals surface area contributed by atoms with Gasteiger partial charge in [0, 0.05) is 99.4 Å². The maximum absolute atomic E-state index is 14.2. The number of hydrogen-bond donors (Lipinski definition) is 3. The van der Waals surface area contributed by atoms with Crippen molar-refractivity contribution in [1.29, 1.82) is 0 Å². The Kier molecular flexibility index (Phi) is 17.6. The number of fused-ring (bicyclic) bond motifs is 3. The number of aromatic nitrogens is 3. The molecule has 6 aromatic rings. The number of phenolic OH excluding ortho intramolecular Hbond substituents is 1. The van der Waals surface area contributed by atoms with Crippen molar-refractivity contribution in [2.75, 3.05) is 95.5 Å². The lowest BCUT2D eigenvalue weighted by atomic mass is 9.83. The van der Waals surface area contributed by atoms with E-state index in [1.54, 1.807) is 24.5 Å². The summed E-state index contributed by atoms with van der Waals surface area (Å²) in [7, 11) is 1.77. The van der Waals surface area contributed by atoms with E-state index >= 15 is 0 Å². The molecule has 0 spiro atoms. The third-order valence-corrected chi connectivity index (χ3v) is 18.3. The van der Waals surface area contributed by atoms with Gasteiger partial charge in [0.1, 0.15) is 36.1 Å². The van der Waals surface area contributed by atoms with E-state index < -0.39 is 6.04 Å². The van der Waals surface area contributed by atoms with Crippen molar-refractivity contribution in [3.05, 3.63) is 107 Å². The summed E-state index contributed by atoms with van der Waals surface area (Å²) >= 11 is 1.64. The number of benzene rings is 4. The van der Waals surface area contributed by atoms with Gasteiger partial charge in [0.25, 0.3) is 0 Å². The van der Waals surface area contributed by atoms with Crippen LogP contribution >= 0.6 is 11.3 Å². The summed E-state index contributed by atoms with van der Waals surface area (Å²) in [5.74, 6) is 1.97. The van der Waals surface area contributed by atoms with Gasteiger partial charge in [-0.15, -0.1) is 11.3 Å². The average Bonchev–Trinajstić information content (AvgIpc) is 4.39. The smallest absolute Gasteiger partial charge is 0.318 e. The SMILES string of the molecule is C=CC(=O)N1CCN(c2nc(O[C@H](C)CN3CCC(OCCOc4ccc5ccccc5c4-c4csc(C5CCN(C(=O)[C@@H](NC(=O)[C@H](C)NC)C6CCCCC6)C5)n4)CC3)nc3c2CCN(c2cc(O)cc4ccccc24)C3)CC1. The standard InChI is InChI=1S/C63H78N10O7S/c1-5-56(75)70-29-31-71(32-30-70)59-51-24-28-72(54-36-47(74)35-45-16-10-11-17-49(45)54)39-52(51)66-63(68-59)80-41(2)37-69-25-22-48(23-26-69)78-33-34-79-55-20-19-43-13-9-12-18-50(43)57(55)53-40-81-61(65-53)46-21-27-73(38-46)62(77)58(44-14-7-6-8-15-44)67-60(76)42(3)64-4/h5,9-13,16-20,35-36,40-42,44,46,48,58,64,74H,1,6-8,14-15,21-34,37-39H2,2-4H3,(H,67,76)/t41-,42+,46?,58+/m1/s1. The van der Waals surface area contributed by atoms with Crippen LogP contribution in [0.4, 0.5) is 11.5 Å². The fourth-order valence-electron chi connectivity index (χ4n) is 12.8. The molecule has 0 bridgehead atoms. The Balaban J connectivity index is 0.691. The van der Waals surface area contributed by atoms with Crippen molar-refractivity contribution in [2.24, 2.45) is 5.92 Å². The maximum Gasteiger partial charge on any atom is 0.318 e. The second kappa shape index (κ2) is 25.5. The molecule has 18 heteroatoms. The normalized spacial score (nSPS) is 19.6. The molecule has 2 aromatic heterocycles. The number of hydrogen-bond acceptors (Lipinski definition) is 15. The number of piperidine rings is 1. The second-order valence-corrected chi connectivity index (χ2v) is 23.6. The minimum Gasteiger partial charge on any atom is -0.508 e. The number of likely N-dealkylation sites (N-methyl/N-ethyl adjacent to an activating group) is 1. The number of phenols is 1. The molecule has 428 valence electrons. The highest BCUT2D eigenvalue weighted by molar-refractivity contribution is 7.10. The molecule has 4 fully saturated rings. The van der Waals surface area contributed by atoms with Gasteiger partial charge in [0.15, 0.2) is 0 Å². The summed E-state index contributed by atoms with van der Waals surface area (Å²) in [6, 6.07) is 23.7. The number of rotatable bonds is 19. The number of amides is 3. The van der Waals surface area contributed by atoms with Crippen molar-refractivity contribution >= 4 is 62.1 Å². The van der Waals surface area contributed by atoms with E-state index in [0.717, 1.165) is 137 Å². The maximum atomic E-state index is 14.2. The van der Waals surface area contributed by atoms with Crippen LogP contribution in [0.2, 0.25) is 0 Å². The summed E-state index contributed by atoms with van der Waals surface area (Å²) < 4.78 is 19.7. The van der Waals surface area contributed by atoms with Crippen LogP contribution < -0.4 is 29.9 Å². The number of aromatic hydroxyl groups is 1. The van der Waals surface area contributed by atoms with Gasteiger partial charge >= 0.3 is 6.01 Å². The summed E-state index contributed by atoms with van der Waals surface area (Å²) in [6.07, 6.45) is 9.92. The van der Waals surface area contributed by atoms with Gasteiger partial charge in [-0.25, -0.2) is 4.98 Å². The van der Waals surface area contributed by atoms with Crippen molar-refractivity contribution in [3.63, 3.8) is 0 Å².